The third-order valence-corrected chi connectivity index (χ3v) is 3.56. The number of rotatable bonds is 6. The van der Waals surface area contributed by atoms with E-state index in [-0.39, 0.29) is 0 Å². The van der Waals surface area contributed by atoms with Crippen molar-refractivity contribution in [3.8, 4) is 0 Å². The summed E-state index contributed by atoms with van der Waals surface area (Å²) in [6.07, 6.45) is 3.90. The fraction of sp³-hybridized carbons (Fsp3) is 1.00. The third-order valence-electron chi connectivity index (χ3n) is 3.56. The van der Waals surface area contributed by atoms with Crippen molar-refractivity contribution in [2.45, 2.75) is 26.2 Å². The van der Waals surface area contributed by atoms with E-state index in [9.17, 15) is 0 Å². The first-order valence-corrected chi connectivity index (χ1v) is 6.69. The highest BCUT2D eigenvalue weighted by Crippen LogP contribution is 2.19. The van der Waals surface area contributed by atoms with Crippen LogP contribution in [0.2, 0.25) is 0 Å². The average molecular weight is 227 g/mol. The average Bonchev–Trinajstić information content (AvgIpc) is 2.20. The van der Waals surface area contributed by atoms with Gasteiger partial charge in [0.1, 0.15) is 0 Å². The Morgan fingerprint density at radius 3 is 2.44 bits per heavy atom. The maximum atomic E-state index is 5.59. The third kappa shape index (κ3) is 5.28. The maximum absolute atomic E-state index is 5.59. The number of likely N-dealkylation sites (tertiary alicyclic amines) is 1. The van der Waals surface area contributed by atoms with Gasteiger partial charge in [0.2, 0.25) is 0 Å². The fourth-order valence-corrected chi connectivity index (χ4v) is 2.68. The van der Waals surface area contributed by atoms with Gasteiger partial charge < -0.3 is 15.5 Å². The van der Waals surface area contributed by atoms with E-state index in [1.807, 2.05) is 0 Å². The van der Waals surface area contributed by atoms with Crippen LogP contribution < -0.4 is 5.73 Å². The van der Waals surface area contributed by atoms with Gasteiger partial charge >= 0.3 is 0 Å². The van der Waals surface area contributed by atoms with Gasteiger partial charge in [0, 0.05) is 13.1 Å². The van der Waals surface area contributed by atoms with E-state index < -0.39 is 0 Å². The van der Waals surface area contributed by atoms with Crippen molar-refractivity contribution in [1.82, 2.24) is 9.80 Å². The van der Waals surface area contributed by atoms with Gasteiger partial charge in [-0.2, -0.15) is 0 Å². The summed E-state index contributed by atoms with van der Waals surface area (Å²) in [4.78, 5) is 4.93. The SMILES string of the molecule is CC(CCN)CN1CCC(CN(C)C)CC1. The van der Waals surface area contributed by atoms with Crippen LogP contribution in [0.3, 0.4) is 0 Å². The molecule has 0 aromatic carbocycles. The molecule has 0 aromatic rings. The molecule has 2 N–H and O–H groups in total. The molecule has 1 fully saturated rings. The number of hydrogen-bond donors (Lipinski definition) is 1. The van der Waals surface area contributed by atoms with Crippen LogP contribution in [0.4, 0.5) is 0 Å². The molecule has 1 unspecified atom stereocenters. The first-order valence-electron chi connectivity index (χ1n) is 6.69. The summed E-state index contributed by atoms with van der Waals surface area (Å²) in [6.45, 7) is 8.22. The molecule has 1 heterocycles. The zero-order chi connectivity index (χ0) is 12.0. The second kappa shape index (κ2) is 7.25. The lowest BCUT2D eigenvalue weighted by molar-refractivity contribution is 0.145. The Labute approximate surface area is 101 Å². The Morgan fingerprint density at radius 2 is 1.94 bits per heavy atom. The van der Waals surface area contributed by atoms with Gasteiger partial charge in [-0.25, -0.2) is 0 Å². The summed E-state index contributed by atoms with van der Waals surface area (Å²) < 4.78 is 0. The van der Waals surface area contributed by atoms with Crippen molar-refractivity contribution >= 4 is 0 Å². The van der Waals surface area contributed by atoms with E-state index in [4.69, 9.17) is 5.73 Å². The topological polar surface area (TPSA) is 32.5 Å². The first-order chi connectivity index (χ1) is 7.61. The molecule has 3 nitrogen and oxygen atoms in total. The van der Waals surface area contributed by atoms with Crippen LogP contribution >= 0.6 is 0 Å². The molecule has 0 bridgehead atoms. The lowest BCUT2D eigenvalue weighted by Gasteiger charge is -2.34. The van der Waals surface area contributed by atoms with E-state index >= 15 is 0 Å². The lowest BCUT2D eigenvalue weighted by atomic mass is 9.95. The van der Waals surface area contributed by atoms with E-state index in [2.05, 4.69) is 30.8 Å². The number of nitrogens with zero attached hydrogens (tertiary/aromatic N) is 2. The molecule has 16 heavy (non-hydrogen) atoms. The molecule has 0 amide bonds. The smallest absolute Gasteiger partial charge is 0.000749 e. The molecule has 1 saturated heterocycles. The number of piperidine rings is 1. The molecule has 1 aliphatic heterocycles. The molecule has 0 spiro atoms. The van der Waals surface area contributed by atoms with Crippen molar-refractivity contribution < 1.29 is 0 Å². The quantitative estimate of drug-likeness (QED) is 0.741. The summed E-state index contributed by atoms with van der Waals surface area (Å²) in [6, 6.07) is 0. The minimum atomic E-state index is 0.760. The number of nitrogens with two attached hydrogens (primary N) is 1. The standard InChI is InChI=1S/C13H29N3/c1-12(4-7-14)10-16-8-5-13(6-9-16)11-15(2)3/h12-13H,4-11,14H2,1-3H3. The predicted octanol–water partition coefficient (Wildman–Crippen LogP) is 1.24. The summed E-state index contributed by atoms with van der Waals surface area (Å²) in [5.41, 5.74) is 5.59. The van der Waals surface area contributed by atoms with Gasteiger partial charge in [-0.1, -0.05) is 6.92 Å². The van der Waals surface area contributed by atoms with E-state index in [1.54, 1.807) is 0 Å². The summed E-state index contributed by atoms with van der Waals surface area (Å²) in [5.74, 6) is 1.67. The van der Waals surface area contributed by atoms with Gasteiger partial charge in [-0.15, -0.1) is 0 Å². The molecule has 96 valence electrons. The molecular weight excluding hydrogens is 198 g/mol. The Balaban J connectivity index is 2.16. The Morgan fingerprint density at radius 1 is 1.31 bits per heavy atom. The van der Waals surface area contributed by atoms with Crippen LogP contribution in [0.15, 0.2) is 0 Å². The number of hydrogen-bond acceptors (Lipinski definition) is 3. The highest BCUT2D eigenvalue weighted by molar-refractivity contribution is 4.75. The van der Waals surface area contributed by atoms with Crippen LogP contribution in [-0.2, 0) is 0 Å². The van der Waals surface area contributed by atoms with Crippen molar-refractivity contribution in [3.63, 3.8) is 0 Å². The first kappa shape index (κ1) is 13.9. The Hall–Kier alpha value is -0.120. The van der Waals surface area contributed by atoms with Crippen LogP contribution in [0, 0.1) is 11.8 Å². The normalized spacial score (nSPS) is 21.6. The Kier molecular flexibility index (Phi) is 6.32. The molecule has 0 radical (unpaired) electrons. The van der Waals surface area contributed by atoms with Crippen LogP contribution in [0.25, 0.3) is 0 Å². The molecular formula is C13H29N3. The minimum Gasteiger partial charge on any atom is -0.330 e. The Bertz CT molecular complexity index is 174. The molecule has 1 rings (SSSR count). The van der Waals surface area contributed by atoms with E-state index in [0.29, 0.717) is 0 Å². The highest BCUT2D eigenvalue weighted by atomic mass is 15.1. The van der Waals surface area contributed by atoms with Crippen LogP contribution in [-0.4, -0.2) is 56.6 Å². The molecule has 1 atom stereocenters. The fourth-order valence-electron chi connectivity index (χ4n) is 2.68. The highest BCUT2D eigenvalue weighted by Gasteiger charge is 2.20. The zero-order valence-electron chi connectivity index (χ0n) is 11.3. The van der Waals surface area contributed by atoms with Gasteiger partial charge in [-0.05, 0) is 64.8 Å². The summed E-state index contributed by atoms with van der Waals surface area (Å²) in [7, 11) is 4.35. The second-order valence-electron chi connectivity index (χ2n) is 5.69. The monoisotopic (exact) mass is 227 g/mol. The maximum Gasteiger partial charge on any atom is 0.000749 e. The van der Waals surface area contributed by atoms with Crippen molar-refractivity contribution in [2.75, 3.05) is 46.8 Å². The lowest BCUT2D eigenvalue weighted by Crippen LogP contribution is -2.39. The van der Waals surface area contributed by atoms with Crippen molar-refractivity contribution in [2.24, 2.45) is 17.6 Å². The molecule has 3 heteroatoms. The van der Waals surface area contributed by atoms with Gasteiger partial charge in [-0.3, -0.25) is 0 Å². The van der Waals surface area contributed by atoms with Crippen LogP contribution in [0.1, 0.15) is 26.2 Å². The van der Waals surface area contributed by atoms with Crippen molar-refractivity contribution in [3.05, 3.63) is 0 Å². The zero-order valence-corrected chi connectivity index (χ0v) is 11.3. The largest absolute Gasteiger partial charge is 0.330 e. The molecule has 1 aliphatic rings. The predicted molar refractivity (Wildman–Crippen MR) is 70.6 cm³/mol. The van der Waals surface area contributed by atoms with Gasteiger partial charge in [0.25, 0.3) is 0 Å². The second-order valence-corrected chi connectivity index (χ2v) is 5.69. The van der Waals surface area contributed by atoms with E-state index in [0.717, 1.165) is 24.8 Å². The van der Waals surface area contributed by atoms with Crippen LogP contribution in [0.5, 0.6) is 0 Å². The summed E-state index contributed by atoms with van der Waals surface area (Å²) in [5, 5.41) is 0. The molecule has 0 saturated carbocycles. The van der Waals surface area contributed by atoms with Crippen molar-refractivity contribution in [1.29, 1.82) is 0 Å². The van der Waals surface area contributed by atoms with Gasteiger partial charge in [0.05, 0.1) is 0 Å². The van der Waals surface area contributed by atoms with Gasteiger partial charge in [0.15, 0.2) is 0 Å². The molecule has 0 aliphatic carbocycles. The van der Waals surface area contributed by atoms with E-state index in [1.165, 1.54) is 39.0 Å². The minimum absolute atomic E-state index is 0.760. The molecule has 0 aromatic heterocycles. The summed E-state index contributed by atoms with van der Waals surface area (Å²) >= 11 is 0.